The topological polar surface area (TPSA) is 120 Å². The molecule has 0 aliphatic rings. The summed E-state index contributed by atoms with van der Waals surface area (Å²) in [6.07, 6.45) is 1.18. The summed E-state index contributed by atoms with van der Waals surface area (Å²) in [5.74, 6) is -0.384. The molecule has 0 spiro atoms. The number of thiazole rings is 1. The fraction of sp³-hybridized carbons (Fsp3) is 0.481. The average molecular weight is 548 g/mol. The molecule has 1 amide bonds. The van der Waals surface area contributed by atoms with Gasteiger partial charge in [0, 0.05) is 13.1 Å². The van der Waals surface area contributed by atoms with E-state index in [4.69, 9.17) is 0 Å². The van der Waals surface area contributed by atoms with Crippen molar-refractivity contribution in [3.05, 3.63) is 59.6 Å². The van der Waals surface area contributed by atoms with Crippen LogP contribution in [0.1, 0.15) is 51.5 Å². The van der Waals surface area contributed by atoms with E-state index in [1.54, 1.807) is 30.6 Å². The quantitative estimate of drug-likeness (QED) is 0.250. The predicted octanol–water partition coefficient (Wildman–Crippen LogP) is 3.73. The molecule has 8 nitrogen and oxygen atoms in total. The van der Waals surface area contributed by atoms with Gasteiger partial charge in [0.1, 0.15) is 0 Å². The molecule has 3 atom stereocenters. The van der Waals surface area contributed by atoms with Crippen LogP contribution in [0.15, 0.2) is 58.9 Å². The highest BCUT2D eigenvalue weighted by Crippen LogP contribution is 2.25. The minimum Gasteiger partial charge on any atom is -0.393 e. The number of aromatic nitrogens is 1. The summed E-state index contributed by atoms with van der Waals surface area (Å²) in [5, 5.41) is 24.0. The molecule has 202 valence electrons. The van der Waals surface area contributed by atoms with Crippen LogP contribution in [0.4, 0.5) is 0 Å². The number of nitrogens with zero attached hydrogens (tertiary/aromatic N) is 2. The number of amides is 1. The van der Waals surface area contributed by atoms with Gasteiger partial charge in [-0.05, 0) is 43.0 Å². The second kappa shape index (κ2) is 14.0. The molecule has 0 saturated heterocycles. The maximum absolute atomic E-state index is 13.7. The highest BCUT2D eigenvalue weighted by atomic mass is 32.2. The van der Waals surface area contributed by atoms with Gasteiger partial charge in [0.05, 0.1) is 45.3 Å². The first kappa shape index (κ1) is 29.2. The Hall–Kier alpha value is -2.37. The lowest BCUT2D eigenvalue weighted by Gasteiger charge is -2.30. The Morgan fingerprint density at radius 3 is 2.57 bits per heavy atom. The van der Waals surface area contributed by atoms with Crippen molar-refractivity contribution in [3.63, 3.8) is 0 Å². The van der Waals surface area contributed by atoms with Gasteiger partial charge >= 0.3 is 0 Å². The number of aliphatic hydroxyl groups is 2. The molecule has 2 aromatic carbocycles. The van der Waals surface area contributed by atoms with Crippen molar-refractivity contribution in [1.29, 1.82) is 0 Å². The number of unbranched alkanes of at least 4 members (excludes halogenated alkanes) is 2. The minimum absolute atomic E-state index is 0.0815. The Morgan fingerprint density at radius 1 is 1.11 bits per heavy atom. The Labute approximate surface area is 223 Å². The van der Waals surface area contributed by atoms with Crippen molar-refractivity contribution in [1.82, 2.24) is 14.6 Å². The largest absolute Gasteiger partial charge is 0.393 e. The highest BCUT2D eigenvalue weighted by Gasteiger charge is 2.31. The molecule has 0 radical (unpaired) electrons. The summed E-state index contributed by atoms with van der Waals surface area (Å²) in [4.78, 5) is 17.0. The maximum Gasteiger partial charge on any atom is 0.243 e. The maximum atomic E-state index is 13.7. The van der Waals surface area contributed by atoms with Gasteiger partial charge < -0.3 is 15.5 Å². The molecule has 3 rings (SSSR count). The molecule has 0 unspecified atom stereocenters. The van der Waals surface area contributed by atoms with E-state index in [1.165, 1.54) is 15.6 Å². The van der Waals surface area contributed by atoms with Crippen molar-refractivity contribution >= 4 is 37.5 Å². The molecule has 37 heavy (non-hydrogen) atoms. The Balaban J connectivity index is 1.85. The van der Waals surface area contributed by atoms with E-state index in [0.717, 1.165) is 28.6 Å². The van der Waals surface area contributed by atoms with E-state index in [2.05, 4.69) is 10.3 Å². The molecule has 0 saturated carbocycles. The molecular formula is C27H37N3O5S2. The molecule has 3 N–H and O–H groups in total. The summed E-state index contributed by atoms with van der Waals surface area (Å²) < 4.78 is 29.5. The summed E-state index contributed by atoms with van der Waals surface area (Å²) in [6.45, 7) is 3.92. The Morgan fingerprint density at radius 2 is 1.86 bits per heavy atom. The lowest BCUT2D eigenvalue weighted by Crippen LogP contribution is -2.51. The van der Waals surface area contributed by atoms with Gasteiger partial charge in [0.25, 0.3) is 0 Å². The molecule has 0 aliphatic carbocycles. The van der Waals surface area contributed by atoms with Crippen molar-refractivity contribution in [2.24, 2.45) is 0 Å². The number of fused-ring (bicyclic) bond motifs is 1. The van der Waals surface area contributed by atoms with Gasteiger partial charge in [-0.1, -0.05) is 57.0 Å². The van der Waals surface area contributed by atoms with Gasteiger partial charge in [-0.25, -0.2) is 13.4 Å². The first-order valence-corrected chi connectivity index (χ1v) is 15.1. The number of carbonyl (C=O) groups is 1. The zero-order valence-corrected chi connectivity index (χ0v) is 23.0. The number of rotatable bonds is 15. The van der Waals surface area contributed by atoms with Crippen LogP contribution in [0.25, 0.3) is 10.2 Å². The zero-order valence-electron chi connectivity index (χ0n) is 21.4. The lowest BCUT2D eigenvalue weighted by molar-refractivity contribution is -0.124. The third-order valence-corrected chi connectivity index (χ3v) is 9.00. The molecule has 0 bridgehead atoms. The number of hydrogen-bond donors (Lipinski definition) is 3. The van der Waals surface area contributed by atoms with Crippen molar-refractivity contribution < 1.29 is 23.4 Å². The first-order valence-electron chi connectivity index (χ1n) is 12.8. The number of sulfonamides is 1. The van der Waals surface area contributed by atoms with Crippen molar-refractivity contribution in [2.75, 3.05) is 13.1 Å². The second-order valence-electron chi connectivity index (χ2n) is 9.25. The minimum atomic E-state index is -3.90. The number of carbonyl (C=O) groups excluding carboxylic acids is 1. The van der Waals surface area contributed by atoms with Gasteiger partial charge in [-0.3, -0.25) is 4.79 Å². The second-order valence-corrected chi connectivity index (χ2v) is 12.1. The zero-order chi connectivity index (χ0) is 26.8. The Kier molecular flexibility index (Phi) is 11.0. The fourth-order valence-electron chi connectivity index (χ4n) is 4.10. The SMILES string of the molecule is CCCCCN(C[C@@H](O)[C@H](Cc1ccccc1)NC(=O)C[C@H](O)CC)S(=O)(=O)c1ccc2ncsc2c1. The van der Waals surface area contributed by atoms with Gasteiger partial charge in [-0.2, -0.15) is 4.31 Å². The molecule has 3 aromatic rings. The van der Waals surface area contributed by atoms with Crippen LogP contribution in [0.3, 0.4) is 0 Å². The Bertz CT molecular complexity index is 1230. The summed E-state index contributed by atoms with van der Waals surface area (Å²) >= 11 is 1.37. The first-order chi connectivity index (χ1) is 17.7. The van der Waals surface area contributed by atoms with Crippen LogP contribution in [0.5, 0.6) is 0 Å². The predicted molar refractivity (Wildman–Crippen MR) is 147 cm³/mol. The van der Waals surface area contributed by atoms with Crippen LogP contribution in [0, 0.1) is 0 Å². The fourth-order valence-corrected chi connectivity index (χ4v) is 6.42. The monoisotopic (exact) mass is 547 g/mol. The number of benzene rings is 2. The summed E-state index contributed by atoms with van der Waals surface area (Å²) in [7, 11) is -3.90. The van der Waals surface area contributed by atoms with Gasteiger partial charge in [-0.15, -0.1) is 11.3 Å². The van der Waals surface area contributed by atoms with E-state index in [0.29, 0.717) is 19.3 Å². The average Bonchev–Trinajstić information content (AvgIpc) is 3.36. The number of aliphatic hydroxyl groups excluding tert-OH is 2. The van der Waals surface area contributed by atoms with Crippen LogP contribution in [-0.4, -0.2) is 65.2 Å². The van der Waals surface area contributed by atoms with Gasteiger partial charge in [0.2, 0.25) is 15.9 Å². The molecule has 10 heteroatoms. The van der Waals surface area contributed by atoms with E-state index in [-0.39, 0.29) is 30.3 Å². The lowest BCUT2D eigenvalue weighted by atomic mass is 10.0. The molecule has 1 heterocycles. The number of nitrogens with one attached hydrogen (secondary N) is 1. The van der Waals surface area contributed by atoms with E-state index < -0.39 is 28.3 Å². The third-order valence-electron chi connectivity index (χ3n) is 6.34. The smallest absolute Gasteiger partial charge is 0.243 e. The van der Waals surface area contributed by atoms with Crippen LogP contribution in [-0.2, 0) is 21.2 Å². The molecule has 1 aromatic heterocycles. The van der Waals surface area contributed by atoms with E-state index in [9.17, 15) is 23.4 Å². The van der Waals surface area contributed by atoms with Crippen molar-refractivity contribution in [2.45, 2.75) is 75.5 Å². The number of hydrogen-bond acceptors (Lipinski definition) is 7. The van der Waals surface area contributed by atoms with E-state index >= 15 is 0 Å². The van der Waals surface area contributed by atoms with Crippen LogP contribution < -0.4 is 5.32 Å². The van der Waals surface area contributed by atoms with E-state index in [1.807, 2.05) is 37.3 Å². The normalized spacial score (nSPS) is 14.5. The third kappa shape index (κ3) is 8.31. The van der Waals surface area contributed by atoms with Crippen LogP contribution in [0.2, 0.25) is 0 Å². The molecular weight excluding hydrogens is 510 g/mol. The molecule has 0 aliphatic heterocycles. The highest BCUT2D eigenvalue weighted by molar-refractivity contribution is 7.89. The van der Waals surface area contributed by atoms with Gasteiger partial charge in [0.15, 0.2) is 0 Å². The standard InChI is InChI=1S/C27H37N3O5S2/c1-3-5-9-14-30(37(34,35)22-12-13-23-26(17-22)36-19-28-23)18-25(32)24(15-20-10-7-6-8-11-20)29-27(33)16-21(31)4-2/h6-8,10-13,17,19,21,24-25,31-32H,3-5,9,14-16,18H2,1-2H3,(H,29,33)/t21-,24+,25-/m1/s1. The van der Waals surface area contributed by atoms with Crippen LogP contribution >= 0.6 is 11.3 Å². The summed E-state index contributed by atoms with van der Waals surface area (Å²) in [6, 6.07) is 13.6. The molecule has 0 fully saturated rings. The van der Waals surface area contributed by atoms with Crippen molar-refractivity contribution in [3.8, 4) is 0 Å². The summed E-state index contributed by atoms with van der Waals surface area (Å²) in [5.41, 5.74) is 3.32.